The molecule has 1 aromatic rings. The Balaban J connectivity index is 2.96. The maximum absolute atomic E-state index is 13.6. The number of amides is 2. The average Bonchev–Trinajstić information content (AvgIpc) is 2.47. The summed E-state index contributed by atoms with van der Waals surface area (Å²) in [7, 11) is 2.54. The molecule has 7 nitrogen and oxygen atoms in total. The lowest BCUT2D eigenvalue weighted by atomic mass is 10.1. The van der Waals surface area contributed by atoms with Gasteiger partial charge in [-0.1, -0.05) is 0 Å². The van der Waals surface area contributed by atoms with E-state index in [1.165, 1.54) is 13.1 Å². The quantitative estimate of drug-likeness (QED) is 0.768. The van der Waals surface area contributed by atoms with Crippen LogP contribution in [0, 0.1) is 5.82 Å². The van der Waals surface area contributed by atoms with Crippen molar-refractivity contribution in [2.24, 2.45) is 0 Å². The maximum atomic E-state index is 13.6. The number of methoxy groups -OCH3 is 1. The number of ether oxygens (including phenoxy) is 1. The fourth-order valence-corrected chi connectivity index (χ4v) is 1.85. The first-order chi connectivity index (χ1) is 10.3. The first-order valence-corrected chi connectivity index (χ1v) is 6.86. The number of nitrogens with zero attached hydrogens (tertiary/aromatic N) is 1. The van der Waals surface area contributed by atoms with E-state index in [9.17, 15) is 18.8 Å². The second kappa shape index (κ2) is 7.74. The number of carboxylic acids is 1. The fourth-order valence-electron chi connectivity index (χ4n) is 1.50. The van der Waals surface area contributed by atoms with Gasteiger partial charge >= 0.3 is 18.0 Å². The lowest BCUT2D eigenvalue weighted by Crippen LogP contribution is -2.33. The number of carbonyl (C=O) groups excluding carboxylic acids is 2. The molecule has 0 spiro atoms. The largest absolute Gasteiger partial charge is 0.481 e. The number of halogens is 2. The number of aliphatic carboxylic acids is 1. The molecule has 0 heterocycles. The molecule has 0 radical (unpaired) electrons. The van der Waals surface area contributed by atoms with Crippen LogP contribution in [0.4, 0.5) is 14.9 Å². The Kier molecular flexibility index (Phi) is 6.29. The first-order valence-electron chi connectivity index (χ1n) is 6.07. The van der Waals surface area contributed by atoms with Crippen LogP contribution in [0.15, 0.2) is 16.6 Å². The van der Waals surface area contributed by atoms with Crippen LogP contribution in [-0.4, -0.2) is 48.7 Å². The predicted molar refractivity (Wildman–Crippen MR) is 79.3 cm³/mol. The Labute approximate surface area is 134 Å². The summed E-state index contributed by atoms with van der Waals surface area (Å²) in [6.07, 6.45) is -0.234. The Hall–Kier alpha value is -2.16. The molecule has 0 saturated heterocycles. The molecule has 0 aliphatic rings. The van der Waals surface area contributed by atoms with E-state index >= 15 is 0 Å². The van der Waals surface area contributed by atoms with Crippen LogP contribution in [0.2, 0.25) is 0 Å². The number of carboxylic acid groups (broad SMARTS) is 1. The molecular formula is C13H14BrFN2O5. The third kappa shape index (κ3) is 4.69. The maximum Gasteiger partial charge on any atom is 0.340 e. The third-order valence-corrected chi connectivity index (χ3v) is 3.32. The van der Waals surface area contributed by atoms with Gasteiger partial charge in [0.1, 0.15) is 5.82 Å². The van der Waals surface area contributed by atoms with Gasteiger partial charge < -0.3 is 20.1 Å². The molecule has 0 saturated carbocycles. The molecule has 2 amide bonds. The molecule has 0 bridgehead atoms. The van der Waals surface area contributed by atoms with Gasteiger partial charge in [-0.15, -0.1) is 0 Å². The van der Waals surface area contributed by atoms with Crippen LogP contribution in [0.3, 0.4) is 0 Å². The standard InChI is InChI=1S/C13H14BrFN2O5/c1-17(4-3-11(18)19)13(21)16-10-6-9(15)8(14)5-7(10)12(20)22-2/h5-6H,3-4H2,1-2H3,(H,16,21)(H,18,19). The molecule has 1 rings (SSSR count). The summed E-state index contributed by atoms with van der Waals surface area (Å²) >= 11 is 2.94. The molecule has 2 N–H and O–H groups in total. The number of benzene rings is 1. The second-order valence-electron chi connectivity index (χ2n) is 4.30. The van der Waals surface area contributed by atoms with E-state index in [-0.39, 0.29) is 28.7 Å². The van der Waals surface area contributed by atoms with Crippen LogP contribution in [0.5, 0.6) is 0 Å². The van der Waals surface area contributed by atoms with Gasteiger partial charge in [-0.25, -0.2) is 14.0 Å². The van der Waals surface area contributed by atoms with Crippen LogP contribution >= 0.6 is 15.9 Å². The highest BCUT2D eigenvalue weighted by atomic mass is 79.9. The zero-order valence-electron chi connectivity index (χ0n) is 11.9. The van der Waals surface area contributed by atoms with Crippen molar-refractivity contribution in [1.82, 2.24) is 4.90 Å². The number of carbonyl (C=O) groups is 3. The zero-order chi connectivity index (χ0) is 16.9. The van der Waals surface area contributed by atoms with Gasteiger partial charge in [-0.05, 0) is 28.1 Å². The molecule has 1 aromatic carbocycles. The van der Waals surface area contributed by atoms with E-state index in [2.05, 4.69) is 26.0 Å². The summed E-state index contributed by atoms with van der Waals surface area (Å²) in [4.78, 5) is 35.2. The number of anilines is 1. The first kappa shape index (κ1) is 17.9. The lowest BCUT2D eigenvalue weighted by molar-refractivity contribution is -0.137. The van der Waals surface area contributed by atoms with Crippen molar-refractivity contribution < 1.29 is 28.6 Å². The Morgan fingerprint density at radius 1 is 1.41 bits per heavy atom. The lowest BCUT2D eigenvalue weighted by Gasteiger charge is -2.18. The molecule has 22 heavy (non-hydrogen) atoms. The number of hydrogen-bond donors (Lipinski definition) is 2. The minimum absolute atomic E-state index is 0.0317. The van der Waals surface area contributed by atoms with Crippen LogP contribution in [0.1, 0.15) is 16.8 Å². The van der Waals surface area contributed by atoms with Crippen LogP contribution in [-0.2, 0) is 9.53 Å². The highest BCUT2D eigenvalue weighted by molar-refractivity contribution is 9.10. The molecule has 0 aliphatic heterocycles. The number of esters is 1. The normalized spacial score (nSPS) is 10.0. The van der Waals surface area contributed by atoms with E-state index in [1.54, 1.807) is 0 Å². The van der Waals surface area contributed by atoms with E-state index in [1.807, 2.05) is 0 Å². The van der Waals surface area contributed by atoms with Crippen molar-refractivity contribution in [2.45, 2.75) is 6.42 Å². The average molecular weight is 377 g/mol. The van der Waals surface area contributed by atoms with Gasteiger partial charge in [0.25, 0.3) is 0 Å². The van der Waals surface area contributed by atoms with Crippen molar-refractivity contribution in [3.05, 3.63) is 28.0 Å². The van der Waals surface area contributed by atoms with Crippen molar-refractivity contribution in [3.8, 4) is 0 Å². The fraction of sp³-hybridized carbons (Fsp3) is 0.308. The summed E-state index contributed by atoms with van der Waals surface area (Å²) in [5, 5.41) is 10.9. The van der Waals surface area contributed by atoms with Gasteiger partial charge in [0, 0.05) is 13.6 Å². The Morgan fingerprint density at radius 2 is 2.05 bits per heavy atom. The second-order valence-corrected chi connectivity index (χ2v) is 5.15. The summed E-state index contributed by atoms with van der Waals surface area (Å²) in [6, 6.07) is 1.49. The van der Waals surface area contributed by atoms with E-state index in [4.69, 9.17) is 5.11 Å². The van der Waals surface area contributed by atoms with Gasteiger partial charge in [0.05, 0.1) is 29.3 Å². The molecule has 0 unspecified atom stereocenters. The molecule has 0 fully saturated rings. The molecule has 9 heteroatoms. The number of nitrogens with one attached hydrogen (secondary N) is 1. The predicted octanol–water partition coefficient (Wildman–Crippen LogP) is 2.31. The van der Waals surface area contributed by atoms with Crippen molar-refractivity contribution in [3.63, 3.8) is 0 Å². The topological polar surface area (TPSA) is 95.9 Å². The molecular weight excluding hydrogens is 363 g/mol. The van der Waals surface area contributed by atoms with Crippen molar-refractivity contribution in [1.29, 1.82) is 0 Å². The van der Waals surface area contributed by atoms with Gasteiger partial charge in [-0.3, -0.25) is 4.79 Å². The zero-order valence-corrected chi connectivity index (χ0v) is 13.4. The third-order valence-electron chi connectivity index (χ3n) is 2.72. The minimum atomic E-state index is -1.05. The number of urea groups is 1. The number of rotatable bonds is 5. The van der Waals surface area contributed by atoms with Gasteiger partial charge in [-0.2, -0.15) is 0 Å². The van der Waals surface area contributed by atoms with Crippen LogP contribution < -0.4 is 5.32 Å². The SMILES string of the molecule is COC(=O)c1cc(Br)c(F)cc1NC(=O)N(C)CCC(=O)O. The Morgan fingerprint density at radius 3 is 2.59 bits per heavy atom. The molecule has 0 atom stereocenters. The van der Waals surface area contributed by atoms with E-state index < -0.39 is 23.8 Å². The Bertz CT molecular complexity index is 608. The summed E-state index contributed by atoms with van der Waals surface area (Å²) in [6.45, 7) is -0.0340. The van der Waals surface area contributed by atoms with E-state index in [0.717, 1.165) is 18.1 Å². The van der Waals surface area contributed by atoms with Gasteiger partial charge in [0.2, 0.25) is 0 Å². The summed E-state index contributed by atoms with van der Waals surface area (Å²) < 4.78 is 18.2. The minimum Gasteiger partial charge on any atom is -0.481 e. The smallest absolute Gasteiger partial charge is 0.340 e. The highest BCUT2D eigenvalue weighted by Gasteiger charge is 2.19. The molecule has 120 valence electrons. The summed E-state index contributed by atoms with van der Waals surface area (Å²) in [5.74, 6) is -2.47. The summed E-state index contributed by atoms with van der Waals surface area (Å²) in [5.41, 5.74) is -0.101. The highest BCUT2D eigenvalue weighted by Crippen LogP contribution is 2.25. The van der Waals surface area contributed by atoms with E-state index in [0.29, 0.717) is 0 Å². The number of hydrogen-bond acceptors (Lipinski definition) is 4. The molecule has 0 aliphatic carbocycles. The van der Waals surface area contributed by atoms with Crippen molar-refractivity contribution >= 4 is 39.6 Å². The van der Waals surface area contributed by atoms with Crippen molar-refractivity contribution in [2.75, 3.05) is 26.0 Å². The van der Waals surface area contributed by atoms with Gasteiger partial charge in [0.15, 0.2) is 0 Å². The monoisotopic (exact) mass is 376 g/mol. The molecule has 0 aromatic heterocycles. The van der Waals surface area contributed by atoms with Crippen LogP contribution in [0.25, 0.3) is 0 Å².